The van der Waals surface area contributed by atoms with E-state index in [0.29, 0.717) is 11.4 Å². The van der Waals surface area contributed by atoms with Gasteiger partial charge in [0.1, 0.15) is 4.99 Å². The van der Waals surface area contributed by atoms with Crippen molar-refractivity contribution < 1.29 is 5.11 Å². The molecule has 4 heteroatoms. The van der Waals surface area contributed by atoms with Crippen LogP contribution in [0.15, 0.2) is 24.3 Å². The predicted molar refractivity (Wildman–Crippen MR) is 76.5 cm³/mol. The van der Waals surface area contributed by atoms with Crippen LogP contribution in [0, 0.1) is 0 Å². The summed E-state index contributed by atoms with van der Waals surface area (Å²) in [5.74, 6) is 0. The Hall–Kier alpha value is -1.13. The maximum absolute atomic E-state index is 9.71. The van der Waals surface area contributed by atoms with E-state index in [-0.39, 0.29) is 0 Å². The van der Waals surface area contributed by atoms with E-state index >= 15 is 0 Å². The van der Waals surface area contributed by atoms with Crippen LogP contribution in [0.4, 0.5) is 5.69 Å². The molecule has 0 unspecified atom stereocenters. The van der Waals surface area contributed by atoms with E-state index in [2.05, 4.69) is 4.90 Å². The monoisotopic (exact) mass is 252 g/mol. The van der Waals surface area contributed by atoms with Gasteiger partial charge in [-0.15, -0.1) is 0 Å². The standard InChI is InChI=1S/C13H20N2OS/c1-13(2,16)8-9-15(3)11-7-5-4-6-10(11)12(14)17/h4-7,16H,8-9H2,1-3H3,(H2,14,17). The highest BCUT2D eigenvalue weighted by molar-refractivity contribution is 7.80. The number of thiocarbonyl (C=S) groups is 1. The molecule has 0 fully saturated rings. The van der Waals surface area contributed by atoms with Gasteiger partial charge in [-0.3, -0.25) is 0 Å². The number of para-hydroxylation sites is 1. The molecule has 0 bridgehead atoms. The summed E-state index contributed by atoms with van der Waals surface area (Å²) in [7, 11) is 1.98. The van der Waals surface area contributed by atoms with Gasteiger partial charge in [-0.2, -0.15) is 0 Å². The zero-order valence-corrected chi connectivity index (χ0v) is 11.4. The van der Waals surface area contributed by atoms with Crippen LogP contribution in [-0.4, -0.2) is 29.3 Å². The molecule has 0 aromatic heterocycles. The van der Waals surface area contributed by atoms with Gasteiger partial charge in [0.25, 0.3) is 0 Å². The molecule has 0 radical (unpaired) electrons. The third kappa shape index (κ3) is 4.32. The van der Waals surface area contributed by atoms with Crippen LogP contribution in [0.3, 0.4) is 0 Å². The topological polar surface area (TPSA) is 49.5 Å². The van der Waals surface area contributed by atoms with Crippen molar-refractivity contribution in [3.05, 3.63) is 29.8 Å². The Balaban J connectivity index is 2.82. The van der Waals surface area contributed by atoms with Crippen molar-refractivity contribution in [2.24, 2.45) is 5.73 Å². The number of aliphatic hydroxyl groups is 1. The normalized spacial score (nSPS) is 11.3. The van der Waals surface area contributed by atoms with Crippen LogP contribution in [0.1, 0.15) is 25.8 Å². The third-order valence-electron chi connectivity index (χ3n) is 2.64. The summed E-state index contributed by atoms with van der Waals surface area (Å²) in [5.41, 5.74) is 6.91. The molecule has 94 valence electrons. The van der Waals surface area contributed by atoms with Crippen molar-refractivity contribution in [3.63, 3.8) is 0 Å². The largest absolute Gasteiger partial charge is 0.390 e. The van der Waals surface area contributed by atoms with Gasteiger partial charge in [-0.1, -0.05) is 24.4 Å². The number of hydrogen-bond acceptors (Lipinski definition) is 3. The van der Waals surface area contributed by atoms with Crippen LogP contribution in [0.2, 0.25) is 0 Å². The highest BCUT2D eigenvalue weighted by Crippen LogP contribution is 2.20. The van der Waals surface area contributed by atoms with Crippen molar-refractivity contribution in [2.45, 2.75) is 25.9 Å². The highest BCUT2D eigenvalue weighted by Gasteiger charge is 2.15. The molecule has 3 N–H and O–H groups in total. The minimum Gasteiger partial charge on any atom is -0.390 e. The second-order valence-electron chi connectivity index (χ2n) is 4.87. The molecule has 0 saturated heterocycles. The zero-order chi connectivity index (χ0) is 13.1. The van der Waals surface area contributed by atoms with E-state index in [1.54, 1.807) is 13.8 Å². The van der Waals surface area contributed by atoms with Gasteiger partial charge in [0.05, 0.1) is 5.60 Å². The van der Waals surface area contributed by atoms with Gasteiger partial charge in [0.2, 0.25) is 0 Å². The molecule has 1 aromatic carbocycles. The molecule has 0 spiro atoms. The van der Waals surface area contributed by atoms with Crippen LogP contribution in [-0.2, 0) is 0 Å². The van der Waals surface area contributed by atoms with E-state index in [0.717, 1.165) is 17.8 Å². The van der Waals surface area contributed by atoms with Crippen LogP contribution >= 0.6 is 12.2 Å². The van der Waals surface area contributed by atoms with E-state index < -0.39 is 5.60 Å². The maximum atomic E-state index is 9.71. The lowest BCUT2D eigenvalue weighted by atomic mass is 10.0. The number of hydrogen-bond donors (Lipinski definition) is 2. The van der Waals surface area contributed by atoms with Crippen LogP contribution in [0.25, 0.3) is 0 Å². The summed E-state index contributed by atoms with van der Waals surface area (Å²) in [6.07, 6.45) is 0.690. The lowest BCUT2D eigenvalue weighted by Crippen LogP contribution is -2.29. The fourth-order valence-corrected chi connectivity index (χ4v) is 1.75. The van der Waals surface area contributed by atoms with Gasteiger partial charge in [0.15, 0.2) is 0 Å². The van der Waals surface area contributed by atoms with Gasteiger partial charge in [-0.25, -0.2) is 0 Å². The molecule has 0 saturated carbocycles. The Morgan fingerprint density at radius 2 is 2.00 bits per heavy atom. The minimum atomic E-state index is -0.660. The molecule has 1 rings (SSSR count). The number of benzene rings is 1. The molecule has 17 heavy (non-hydrogen) atoms. The van der Waals surface area contributed by atoms with E-state index in [4.69, 9.17) is 18.0 Å². The second kappa shape index (κ2) is 5.47. The van der Waals surface area contributed by atoms with Gasteiger partial charge >= 0.3 is 0 Å². The Labute approximate surface area is 108 Å². The van der Waals surface area contributed by atoms with Crippen molar-refractivity contribution >= 4 is 22.9 Å². The molecule has 0 aliphatic heterocycles. The predicted octanol–water partition coefficient (Wildman–Crippen LogP) is 1.92. The summed E-state index contributed by atoms with van der Waals surface area (Å²) < 4.78 is 0. The SMILES string of the molecule is CN(CCC(C)(C)O)c1ccccc1C(N)=S. The molecule has 0 atom stereocenters. The molecular formula is C13H20N2OS. The van der Waals surface area contributed by atoms with Gasteiger partial charge in [0, 0.05) is 24.8 Å². The van der Waals surface area contributed by atoms with E-state index in [1.165, 1.54) is 0 Å². The van der Waals surface area contributed by atoms with Crippen molar-refractivity contribution in [1.29, 1.82) is 0 Å². The second-order valence-corrected chi connectivity index (χ2v) is 5.31. The number of nitrogens with zero attached hydrogens (tertiary/aromatic N) is 1. The van der Waals surface area contributed by atoms with Crippen LogP contribution in [0.5, 0.6) is 0 Å². The zero-order valence-electron chi connectivity index (χ0n) is 10.6. The quantitative estimate of drug-likeness (QED) is 0.786. The van der Waals surface area contributed by atoms with Gasteiger partial charge < -0.3 is 15.7 Å². The van der Waals surface area contributed by atoms with Crippen molar-refractivity contribution in [2.75, 3.05) is 18.5 Å². The Morgan fingerprint density at radius 1 is 1.41 bits per heavy atom. The first-order valence-corrected chi connectivity index (χ1v) is 6.04. The van der Waals surface area contributed by atoms with Crippen LogP contribution < -0.4 is 10.6 Å². The maximum Gasteiger partial charge on any atom is 0.106 e. The average Bonchev–Trinajstić information content (AvgIpc) is 2.25. The Bertz CT molecular complexity index is 399. The smallest absolute Gasteiger partial charge is 0.106 e. The summed E-state index contributed by atoms with van der Waals surface area (Å²) in [6, 6.07) is 7.77. The fraction of sp³-hybridized carbons (Fsp3) is 0.462. The number of rotatable bonds is 5. The summed E-state index contributed by atoms with van der Waals surface area (Å²) in [4.78, 5) is 2.46. The first-order valence-electron chi connectivity index (χ1n) is 5.63. The summed E-state index contributed by atoms with van der Waals surface area (Å²) >= 11 is 5.03. The number of anilines is 1. The summed E-state index contributed by atoms with van der Waals surface area (Å²) in [6.45, 7) is 4.36. The van der Waals surface area contributed by atoms with E-state index in [9.17, 15) is 5.11 Å². The molecule has 0 amide bonds. The third-order valence-corrected chi connectivity index (χ3v) is 2.86. The minimum absolute atomic E-state index is 0.399. The van der Waals surface area contributed by atoms with Crippen molar-refractivity contribution in [3.8, 4) is 0 Å². The average molecular weight is 252 g/mol. The molecule has 0 aliphatic carbocycles. The fourth-order valence-electron chi connectivity index (χ4n) is 1.58. The highest BCUT2D eigenvalue weighted by atomic mass is 32.1. The summed E-state index contributed by atoms with van der Waals surface area (Å²) in [5, 5.41) is 9.71. The lowest BCUT2D eigenvalue weighted by molar-refractivity contribution is 0.0734. The molecule has 3 nitrogen and oxygen atoms in total. The molecular weight excluding hydrogens is 232 g/mol. The Morgan fingerprint density at radius 3 is 2.53 bits per heavy atom. The van der Waals surface area contributed by atoms with Gasteiger partial charge in [-0.05, 0) is 32.4 Å². The molecule has 0 heterocycles. The first-order chi connectivity index (χ1) is 7.81. The number of nitrogens with two attached hydrogens (primary N) is 1. The van der Waals surface area contributed by atoms with E-state index in [1.807, 2.05) is 31.3 Å². The first kappa shape index (κ1) is 13.9. The lowest BCUT2D eigenvalue weighted by Gasteiger charge is -2.25. The molecule has 1 aromatic rings. The Kier molecular flexibility index (Phi) is 4.48. The van der Waals surface area contributed by atoms with Crippen molar-refractivity contribution in [1.82, 2.24) is 0 Å². The molecule has 0 aliphatic rings.